The number of esters is 1. The van der Waals surface area contributed by atoms with Crippen LogP contribution in [-0.4, -0.2) is 22.6 Å². The van der Waals surface area contributed by atoms with Crippen molar-refractivity contribution in [1.82, 2.24) is 9.55 Å². The standard InChI is InChI=1S/C11H12N2O3S/c1-6-4-8-10(17-6)12-7(2)13(11(8)15)5-9(14)16-3/h4H,5H2,1-3H3. The molecular formula is C11H12N2O3S. The van der Waals surface area contributed by atoms with Gasteiger partial charge in [-0.2, -0.15) is 0 Å². The molecule has 6 heteroatoms. The van der Waals surface area contributed by atoms with Crippen molar-refractivity contribution in [3.05, 3.63) is 27.1 Å². The Bertz CT molecular complexity index is 642. The molecular weight excluding hydrogens is 240 g/mol. The second-order valence-electron chi connectivity index (χ2n) is 3.70. The second-order valence-corrected chi connectivity index (χ2v) is 4.94. The number of thiophene rings is 1. The molecule has 0 saturated heterocycles. The smallest absolute Gasteiger partial charge is 0.325 e. The number of aromatic nitrogens is 2. The first kappa shape index (κ1) is 11.8. The van der Waals surface area contributed by atoms with E-state index in [2.05, 4.69) is 9.72 Å². The first-order valence-corrected chi connectivity index (χ1v) is 5.89. The average molecular weight is 252 g/mol. The van der Waals surface area contributed by atoms with Gasteiger partial charge in [0, 0.05) is 4.88 Å². The normalized spacial score (nSPS) is 10.8. The van der Waals surface area contributed by atoms with E-state index in [-0.39, 0.29) is 12.1 Å². The zero-order valence-electron chi connectivity index (χ0n) is 9.81. The Kier molecular flexibility index (Phi) is 2.97. The minimum Gasteiger partial charge on any atom is -0.468 e. The molecule has 0 aliphatic carbocycles. The molecule has 2 aromatic rings. The van der Waals surface area contributed by atoms with Gasteiger partial charge in [-0.15, -0.1) is 11.3 Å². The Hall–Kier alpha value is -1.69. The Morgan fingerprint density at radius 3 is 2.88 bits per heavy atom. The van der Waals surface area contributed by atoms with Crippen LogP contribution in [-0.2, 0) is 16.1 Å². The molecule has 0 radical (unpaired) electrons. The molecule has 0 fully saturated rings. The fourth-order valence-corrected chi connectivity index (χ4v) is 2.53. The summed E-state index contributed by atoms with van der Waals surface area (Å²) in [6.07, 6.45) is 0. The van der Waals surface area contributed by atoms with Crippen LogP contribution in [0.25, 0.3) is 10.2 Å². The molecule has 17 heavy (non-hydrogen) atoms. The van der Waals surface area contributed by atoms with Crippen molar-refractivity contribution < 1.29 is 9.53 Å². The van der Waals surface area contributed by atoms with Gasteiger partial charge in [0.2, 0.25) is 0 Å². The highest BCUT2D eigenvalue weighted by atomic mass is 32.1. The van der Waals surface area contributed by atoms with Crippen molar-refractivity contribution >= 4 is 27.5 Å². The van der Waals surface area contributed by atoms with Crippen molar-refractivity contribution in [1.29, 1.82) is 0 Å². The first-order chi connectivity index (χ1) is 8.02. The van der Waals surface area contributed by atoms with Gasteiger partial charge in [0.25, 0.3) is 5.56 Å². The third-order valence-electron chi connectivity index (χ3n) is 2.48. The number of ether oxygens (including phenoxy) is 1. The van der Waals surface area contributed by atoms with Crippen LogP contribution in [0.1, 0.15) is 10.7 Å². The van der Waals surface area contributed by atoms with Crippen molar-refractivity contribution in [3.63, 3.8) is 0 Å². The van der Waals surface area contributed by atoms with Crippen molar-refractivity contribution in [2.75, 3.05) is 7.11 Å². The van der Waals surface area contributed by atoms with Gasteiger partial charge < -0.3 is 4.74 Å². The van der Waals surface area contributed by atoms with Gasteiger partial charge in [0.1, 0.15) is 17.2 Å². The topological polar surface area (TPSA) is 61.2 Å². The number of hydrogen-bond donors (Lipinski definition) is 0. The zero-order valence-corrected chi connectivity index (χ0v) is 10.6. The maximum Gasteiger partial charge on any atom is 0.325 e. The highest BCUT2D eigenvalue weighted by molar-refractivity contribution is 7.18. The van der Waals surface area contributed by atoms with Crippen LogP contribution in [0.5, 0.6) is 0 Å². The van der Waals surface area contributed by atoms with Crippen LogP contribution < -0.4 is 5.56 Å². The Balaban J connectivity index is 2.63. The van der Waals surface area contributed by atoms with Crippen LogP contribution >= 0.6 is 11.3 Å². The minimum atomic E-state index is -0.455. The fourth-order valence-electron chi connectivity index (χ4n) is 1.62. The summed E-state index contributed by atoms with van der Waals surface area (Å²) in [4.78, 5) is 29.4. The van der Waals surface area contributed by atoms with E-state index in [0.717, 1.165) is 4.88 Å². The molecule has 2 heterocycles. The maximum atomic E-state index is 12.1. The molecule has 0 unspecified atom stereocenters. The number of methoxy groups -OCH3 is 1. The average Bonchev–Trinajstić information content (AvgIpc) is 2.64. The molecule has 0 aliphatic rings. The molecule has 0 saturated carbocycles. The number of fused-ring (bicyclic) bond motifs is 1. The van der Waals surface area contributed by atoms with Gasteiger partial charge >= 0.3 is 5.97 Å². The Labute approximate surface area is 102 Å². The van der Waals surface area contributed by atoms with E-state index >= 15 is 0 Å². The van der Waals surface area contributed by atoms with E-state index < -0.39 is 5.97 Å². The first-order valence-electron chi connectivity index (χ1n) is 5.07. The van der Waals surface area contributed by atoms with Gasteiger partial charge in [-0.05, 0) is 19.9 Å². The number of hydrogen-bond acceptors (Lipinski definition) is 5. The lowest BCUT2D eigenvalue weighted by Gasteiger charge is -2.07. The van der Waals surface area contributed by atoms with Gasteiger partial charge in [0.15, 0.2) is 0 Å². The summed E-state index contributed by atoms with van der Waals surface area (Å²) in [6.45, 7) is 3.53. The van der Waals surface area contributed by atoms with E-state index in [1.165, 1.54) is 23.0 Å². The van der Waals surface area contributed by atoms with Gasteiger partial charge in [0.05, 0.1) is 12.5 Å². The van der Waals surface area contributed by atoms with Gasteiger partial charge in [-0.3, -0.25) is 14.2 Å². The summed E-state index contributed by atoms with van der Waals surface area (Å²) in [5.41, 5.74) is -0.192. The van der Waals surface area contributed by atoms with E-state index in [1.54, 1.807) is 13.0 Å². The van der Waals surface area contributed by atoms with Crippen LogP contribution in [0.2, 0.25) is 0 Å². The number of aryl methyl sites for hydroxylation is 2. The zero-order chi connectivity index (χ0) is 12.6. The van der Waals surface area contributed by atoms with Crippen LogP contribution in [0, 0.1) is 13.8 Å². The quantitative estimate of drug-likeness (QED) is 0.755. The number of carbonyl (C=O) groups is 1. The predicted octanol–water partition coefficient (Wildman–Crippen LogP) is 1.25. The summed E-state index contributed by atoms with van der Waals surface area (Å²) in [5, 5.41) is 0.557. The summed E-state index contributed by atoms with van der Waals surface area (Å²) in [6, 6.07) is 1.79. The van der Waals surface area contributed by atoms with Gasteiger partial charge in [-0.25, -0.2) is 4.98 Å². The Morgan fingerprint density at radius 2 is 2.24 bits per heavy atom. The molecule has 0 atom stereocenters. The molecule has 2 rings (SSSR count). The highest BCUT2D eigenvalue weighted by Gasteiger charge is 2.13. The van der Waals surface area contributed by atoms with Crippen molar-refractivity contribution in [3.8, 4) is 0 Å². The fraction of sp³-hybridized carbons (Fsp3) is 0.364. The molecule has 0 aromatic carbocycles. The third-order valence-corrected chi connectivity index (χ3v) is 3.42. The summed E-state index contributed by atoms with van der Waals surface area (Å²) < 4.78 is 5.89. The number of rotatable bonds is 2. The second kappa shape index (κ2) is 4.29. The summed E-state index contributed by atoms with van der Waals surface area (Å²) in [5.74, 6) is 0.0676. The van der Waals surface area contributed by atoms with E-state index in [1.807, 2.05) is 6.92 Å². The lowest BCUT2D eigenvalue weighted by atomic mass is 10.3. The van der Waals surface area contributed by atoms with Crippen LogP contribution in [0.15, 0.2) is 10.9 Å². The monoisotopic (exact) mass is 252 g/mol. The van der Waals surface area contributed by atoms with E-state index in [4.69, 9.17) is 0 Å². The molecule has 90 valence electrons. The Morgan fingerprint density at radius 1 is 1.53 bits per heavy atom. The highest BCUT2D eigenvalue weighted by Crippen LogP contribution is 2.20. The van der Waals surface area contributed by atoms with Crippen molar-refractivity contribution in [2.24, 2.45) is 0 Å². The maximum absolute atomic E-state index is 12.1. The lowest BCUT2D eigenvalue weighted by molar-refractivity contribution is -0.141. The predicted molar refractivity (Wildman–Crippen MR) is 65.4 cm³/mol. The molecule has 2 aromatic heterocycles. The minimum absolute atomic E-state index is 0.0982. The SMILES string of the molecule is COC(=O)Cn1c(C)nc2sc(C)cc2c1=O. The molecule has 0 aliphatic heterocycles. The number of nitrogens with zero attached hydrogens (tertiary/aromatic N) is 2. The van der Waals surface area contributed by atoms with E-state index in [0.29, 0.717) is 16.0 Å². The molecule has 0 amide bonds. The van der Waals surface area contributed by atoms with E-state index in [9.17, 15) is 9.59 Å². The molecule has 5 nitrogen and oxygen atoms in total. The summed E-state index contributed by atoms with van der Waals surface area (Å²) >= 11 is 1.47. The third kappa shape index (κ3) is 2.08. The number of carbonyl (C=O) groups excluding carboxylic acids is 1. The largest absolute Gasteiger partial charge is 0.468 e. The molecule has 0 bridgehead atoms. The van der Waals surface area contributed by atoms with Crippen LogP contribution in [0.4, 0.5) is 0 Å². The van der Waals surface area contributed by atoms with Crippen LogP contribution in [0.3, 0.4) is 0 Å². The lowest BCUT2D eigenvalue weighted by Crippen LogP contribution is -2.27. The molecule has 0 spiro atoms. The summed E-state index contributed by atoms with van der Waals surface area (Å²) in [7, 11) is 1.30. The van der Waals surface area contributed by atoms with Gasteiger partial charge in [-0.1, -0.05) is 0 Å². The van der Waals surface area contributed by atoms with Crippen molar-refractivity contribution in [2.45, 2.75) is 20.4 Å². The molecule has 0 N–H and O–H groups in total.